The van der Waals surface area contributed by atoms with Crippen LogP contribution < -0.4 is 0 Å². The van der Waals surface area contributed by atoms with Crippen molar-refractivity contribution in [1.82, 2.24) is 0 Å². The van der Waals surface area contributed by atoms with Gasteiger partial charge in [-0.25, -0.2) is 8.78 Å². The van der Waals surface area contributed by atoms with Crippen LogP contribution in [0.4, 0.5) is 8.78 Å². The second-order valence-electron chi connectivity index (χ2n) is 6.17. The molecule has 144 valence electrons. The Kier molecular flexibility index (Phi) is 8.16. The zero-order chi connectivity index (χ0) is 19.9. The molecular weight excluding hydrogens is 428 g/mol. The van der Waals surface area contributed by atoms with Gasteiger partial charge in [0, 0.05) is 43.0 Å². The normalized spacial score (nSPS) is 11.1. The van der Waals surface area contributed by atoms with Crippen molar-refractivity contribution in [3.63, 3.8) is 0 Å². The molecular formula is C22H18F2N2O2Zn. The van der Waals surface area contributed by atoms with Gasteiger partial charge in [0.15, 0.2) is 0 Å². The summed E-state index contributed by atoms with van der Waals surface area (Å²) < 4.78 is 26.4. The monoisotopic (exact) mass is 444 g/mol. The number of phenolic OH excluding ortho intramolecular Hbond substituents is 2. The van der Waals surface area contributed by atoms with E-state index in [1.165, 1.54) is 48.8 Å². The molecule has 0 saturated carbocycles. The average Bonchev–Trinajstić information content (AvgIpc) is 2.68. The van der Waals surface area contributed by atoms with Crippen LogP contribution in [0.15, 0.2) is 70.6 Å². The summed E-state index contributed by atoms with van der Waals surface area (Å²) >= 11 is 0. The zero-order valence-corrected chi connectivity index (χ0v) is 18.6. The summed E-state index contributed by atoms with van der Waals surface area (Å²) in [5.41, 5.74) is 2.48. The van der Waals surface area contributed by atoms with E-state index in [4.69, 9.17) is 0 Å². The van der Waals surface area contributed by atoms with Gasteiger partial charge in [0.25, 0.3) is 0 Å². The van der Waals surface area contributed by atoms with E-state index in [2.05, 4.69) is 9.98 Å². The Labute approximate surface area is 180 Å². The van der Waals surface area contributed by atoms with E-state index in [1.54, 1.807) is 0 Å². The number of halogens is 2. The van der Waals surface area contributed by atoms with E-state index >= 15 is 0 Å². The zero-order valence-electron chi connectivity index (χ0n) is 15.6. The summed E-state index contributed by atoms with van der Waals surface area (Å²) in [7, 11) is 0. The van der Waals surface area contributed by atoms with Crippen molar-refractivity contribution in [2.45, 2.75) is 13.1 Å². The Balaban J connectivity index is 0.00000300. The number of nitrogens with zero attached hydrogens (tertiary/aromatic N) is 2. The number of hydrogen-bond donors (Lipinski definition) is 2. The first-order valence-corrected chi connectivity index (χ1v) is 8.56. The van der Waals surface area contributed by atoms with Crippen molar-refractivity contribution in [2.75, 3.05) is 0 Å². The van der Waals surface area contributed by atoms with Crippen molar-refractivity contribution >= 4 is 12.4 Å². The van der Waals surface area contributed by atoms with Crippen molar-refractivity contribution in [3.8, 4) is 11.5 Å². The molecule has 29 heavy (non-hydrogen) atoms. The number of aliphatic imine (C=N–C) groups is 2. The molecule has 0 aliphatic rings. The van der Waals surface area contributed by atoms with Gasteiger partial charge in [0.05, 0.1) is 13.1 Å². The summed E-state index contributed by atoms with van der Waals surface area (Å²) in [4.78, 5) is 8.48. The van der Waals surface area contributed by atoms with Crippen LogP contribution in [0, 0.1) is 11.6 Å². The minimum Gasteiger partial charge on any atom is -0.507 e. The molecule has 0 amide bonds. The first-order chi connectivity index (χ1) is 13.5. The van der Waals surface area contributed by atoms with E-state index in [0.29, 0.717) is 24.2 Å². The minimum absolute atomic E-state index is 0. The van der Waals surface area contributed by atoms with Crippen molar-refractivity contribution < 1.29 is 38.5 Å². The van der Waals surface area contributed by atoms with Gasteiger partial charge in [0.1, 0.15) is 23.1 Å². The number of hydrogen-bond acceptors (Lipinski definition) is 4. The molecule has 0 atom stereocenters. The van der Waals surface area contributed by atoms with Gasteiger partial charge in [-0.15, -0.1) is 0 Å². The molecule has 0 fully saturated rings. The third-order valence-electron chi connectivity index (χ3n) is 3.98. The second kappa shape index (κ2) is 10.6. The van der Waals surface area contributed by atoms with Crippen LogP contribution in [0.5, 0.6) is 11.5 Å². The Bertz CT molecular complexity index is 960. The molecule has 0 aliphatic carbocycles. The van der Waals surface area contributed by atoms with Crippen molar-refractivity contribution in [2.24, 2.45) is 9.98 Å². The molecule has 2 N–H and O–H groups in total. The topological polar surface area (TPSA) is 65.2 Å². The van der Waals surface area contributed by atoms with E-state index in [-0.39, 0.29) is 31.0 Å². The molecule has 3 aromatic rings. The predicted molar refractivity (Wildman–Crippen MR) is 105 cm³/mol. The molecule has 7 heteroatoms. The van der Waals surface area contributed by atoms with Crippen molar-refractivity contribution in [1.29, 1.82) is 0 Å². The maximum Gasteiger partial charge on any atom is 0.124 e. The molecule has 4 nitrogen and oxygen atoms in total. The molecule has 3 rings (SSSR count). The van der Waals surface area contributed by atoms with E-state index < -0.39 is 11.6 Å². The Hall–Kier alpha value is -2.92. The van der Waals surface area contributed by atoms with Gasteiger partial charge in [-0.1, -0.05) is 24.3 Å². The minimum atomic E-state index is -0.441. The fraction of sp³-hybridized carbons (Fsp3) is 0.0909. The van der Waals surface area contributed by atoms with Gasteiger partial charge in [-0.05, 0) is 47.5 Å². The SMILES string of the molecule is Oc1ccc(F)cc1C=NCc1cccc(CN=Cc2cc(F)ccc2O)c1.[Zn]. The predicted octanol–water partition coefficient (Wildman–Crippen LogP) is 4.61. The van der Waals surface area contributed by atoms with Crippen LogP contribution in [-0.2, 0) is 32.6 Å². The number of aromatic hydroxyl groups is 2. The number of benzene rings is 3. The van der Waals surface area contributed by atoms with E-state index in [0.717, 1.165) is 11.1 Å². The molecule has 0 radical (unpaired) electrons. The molecule has 3 aromatic carbocycles. The van der Waals surface area contributed by atoms with Crippen LogP contribution in [0.25, 0.3) is 0 Å². The summed E-state index contributed by atoms with van der Waals surface area (Å²) in [6.45, 7) is 0.719. The Morgan fingerprint density at radius 1 is 0.690 bits per heavy atom. The summed E-state index contributed by atoms with van der Waals surface area (Å²) in [5, 5.41) is 19.4. The first kappa shape index (κ1) is 22.4. The van der Waals surface area contributed by atoms with Gasteiger partial charge in [-0.2, -0.15) is 0 Å². The largest absolute Gasteiger partial charge is 0.507 e. The molecule has 0 aliphatic heterocycles. The quantitative estimate of drug-likeness (QED) is 0.430. The van der Waals surface area contributed by atoms with Crippen LogP contribution >= 0.6 is 0 Å². The Morgan fingerprint density at radius 2 is 1.14 bits per heavy atom. The third-order valence-corrected chi connectivity index (χ3v) is 3.98. The van der Waals surface area contributed by atoms with E-state index in [1.807, 2.05) is 24.3 Å². The van der Waals surface area contributed by atoms with Gasteiger partial charge in [0.2, 0.25) is 0 Å². The van der Waals surface area contributed by atoms with Crippen LogP contribution in [-0.4, -0.2) is 22.6 Å². The summed E-state index contributed by atoms with van der Waals surface area (Å²) in [5.74, 6) is -0.949. The molecule has 0 heterocycles. The molecule has 0 bridgehead atoms. The fourth-order valence-corrected chi connectivity index (χ4v) is 2.58. The summed E-state index contributed by atoms with van der Waals surface area (Å²) in [6, 6.07) is 14.9. The number of rotatable bonds is 6. The van der Waals surface area contributed by atoms with Crippen LogP contribution in [0.2, 0.25) is 0 Å². The van der Waals surface area contributed by atoms with Gasteiger partial charge < -0.3 is 10.2 Å². The second-order valence-corrected chi connectivity index (χ2v) is 6.17. The average molecular weight is 446 g/mol. The Morgan fingerprint density at radius 3 is 1.59 bits per heavy atom. The molecule has 0 aromatic heterocycles. The molecule has 0 spiro atoms. The van der Waals surface area contributed by atoms with Gasteiger partial charge >= 0.3 is 0 Å². The smallest absolute Gasteiger partial charge is 0.124 e. The van der Waals surface area contributed by atoms with Crippen LogP contribution in [0.3, 0.4) is 0 Å². The van der Waals surface area contributed by atoms with Crippen LogP contribution in [0.1, 0.15) is 22.3 Å². The maximum atomic E-state index is 13.2. The van der Waals surface area contributed by atoms with Gasteiger partial charge in [-0.3, -0.25) is 9.98 Å². The van der Waals surface area contributed by atoms with Crippen molar-refractivity contribution in [3.05, 3.63) is 94.6 Å². The molecule has 0 unspecified atom stereocenters. The molecule has 0 saturated heterocycles. The number of phenols is 2. The first-order valence-electron chi connectivity index (χ1n) is 8.56. The summed E-state index contributed by atoms with van der Waals surface area (Å²) in [6.07, 6.45) is 2.85. The van der Waals surface area contributed by atoms with E-state index in [9.17, 15) is 19.0 Å². The standard InChI is InChI=1S/C22H18F2N2O2.Zn/c23-19-4-6-21(27)17(9-19)13-25-11-15-2-1-3-16(8-15)12-26-14-18-10-20(24)5-7-22(18)28;/h1-10,13-14,27-28H,11-12H2;. The fourth-order valence-electron chi connectivity index (χ4n) is 2.58. The maximum absolute atomic E-state index is 13.2. The third kappa shape index (κ3) is 6.58.